The van der Waals surface area contributed by atoms with Crippen molar-refractivity contribution in [1.29, 1.82) is 0 Å². The number of rotatable bonds is 3. The van der Waals surface area contributed by atoms with E-state index in [9.17, 15) is 19.2 Å². The lowest BCUT2D eigenvalue weighted by atomic mass is 10.1. The molecule has 2 heterocycles. The van der Waals surface area contributed by atoms with E-state index in [1.54, 1.807) is 30.3 Å². The number of anilines is 1. The van der Waals surface area contributed by atoms with Gasteiger partial charge in [0.15, 0.2) is 6.61 Å². The third-order valence-electron chi connectivity index (χ3n) is 4.36. The Morgan fingerprint density at radius 1 is 1.11 bits per heavy atom. The fourth-order valence-electron chi connectivity index (χ4n) is 2.98. The summed E-state index contributed by atoms with van der Waals surface area (Å²) in [4.78, 5) is 49.6. The van der Waals surface area contributed by atoms with Crippen LogP contribution >= 0.6 is 0 Å². The van der Waals surface area contributed by atoms with Gasteiger partial charge in [-0.2, -0.15) is 0 Å². The summed E-state index contributed by atoms with van der Waals surface area (Å²) in [6, 6.07) is 9.79. The van der Waals surface area contributed by atoms with Gasteiger partial charge in [0, 0.05) is 6.07 Å². The van der Waals surface area contributed by atoms with Gasteiger partial charge in [-0.05, 0) is 31.2 Å². The van der Waals surface area contributed by atoms with Crippen molar-refractivity contribution in [3.8, 4) is 11.5 Å². The molecule has 0 aromatic heterocycles. The second-order valence-corrected chi connectivity index (χ2v) is 6.12. The minimum absolute atomic E-state index is 0.129. The summed E-state index contributed by atoms with van der Waals surface area (Å²) >= 11 is 0. The minimum Gasteiger partial charge on any atom is -0.481 e. The Morgan fingerprint density at radius 2 is 1.78 bits per heavy atom. The van der Waals surface area contributed by atoms with E-state index in [1.807, 2.05) is 0 Å². The number of nitrogens with one attached hydrogen (secondary N) is 1. The lowest BCUT2D eigenvalue weighted by Crippen LogP contribution is -2.44. The van der Waals surface area contributed by atoms with Gasteiger partial charge >= 0.3 is 5.97 Å². The maximum atomic E-state index is 12.5. The zero-order chi connectivity index (χ0) is 19.1. The van der Waals surface area contributed by atoms with Crippen LogP contribution in [0.2, 0.25) is 0 Å². The molecule has 0 radical (unpaired) electrons. The molecule has 1 atom stereocenters. The summed E-state index contributed by atoms with van der Waals surface area (Å²) < 4.78 is 10.6. The van der Waals surface area contributed by atoms with E-state index >= 15 is 0 Å². The number of esters is 1. The van der Waals surface area contributed by atoms with Crippen LogP contribution in [-0.2, 0) is 9.59 Å². The monoisotopic (exact) mass is 366 g/mol. The molecule has 1 N–H and O–H groups in total. The number of nitrogens with zero attached hydrogens (tertiary/aromatic N) is 1. The van der Waals surface area contributed by atoms with Gasteiger partial charge in [-0.25, -0.2) is 4.79 Å². The molecule has 8 nitrogen and oxygen atoms in total. The predicted octanol–water partition coefficient (Wildman–Crippen LogP) is 1.61. The van der Waals surface area contributed by atoms with Crippen LogP contribution in [0.1, 0.15) is 27.6 Å². The Kier molecular flexibility index (Phi) is 3.88. The first kappa shape index (κ1) is 16.8. The van der Waals surface area contributed by atoms with Crippen molar-refractivity contribution in [1.82, 2.24) is 4.90 Å². The molecule has 2 aromatic rings. The molecule has 3 amide bonds. The second-order valence-electron chi connectivity index (χ2n) is 6.12. The van der Waals surface area contributed by atoms with Crippen LogP contribution in [0, 0.1) is 0 Å². The van der Waals surface area contributed by atoms with E-state index < -0.39 is 23.8 Å². The number of hydrogen-bond donors (Lipinski definition) is 1. The first-order valence-corrected chi connectivity index (χ1v) is 8.21. The first-order valence-electron chi connectivity index (χ1n) is 8.21. The molecule has 0 fully saturated rings. The van der Waals surface area contributed by atoms with E-state index in [4.69, 9.17) is 9.47 Å². The number of carbonyl (C=O) groups is 4. The molecule has 2 aliphatic rings. The average molecular weight is 366 g/mol. The van der Waals surface area contributed by atoms with Crippen LogP contribution < -0.4 is 14.8 Å². The van der Waals surface area contributed by atoms with Gasteiger partial charge < -0.3 is 14.8 Å². The Bertz CT molecular complexity index is 964. The average Bonchev–Trinajstić information content (AvgIpc) is 2.92. The van der Waals surface area contributed by atoms with E-state index in [2.05, 4.69) is 5.32 Å². The molecule has 0 saturated carbocycles. The smallest absolute Gasteiger partial charge is 0.334 e. The van der Waals surface area contributed by atoms with Crippen molar-refractivity contribution in [3.05, 3.63) is 53.6 Å². The highest BCUT2D eigenvalue weighted by molar-refractivity contribution is 6.22. The van der Waals surface area contributed by atoms with Gasteiger partial charge in [0.25, 0.3) is 17.7 Å². The topological polar surface area (TPSA) is 102 Å². The second kappa shape index (κ2) is 6.24. The summed E-state index contributed by atoms with van der Waals surface area (Å²) in [6.45, 7) is 1.30. The minimum atomic E-state index is -1.10. The van der Waals surface area contributed by atoms with E-state index in [1.165, 1.54) is 19.1 Å². The first-order chi connectivity index (χ1) is 13.0. The molecule has 1 unspecified atom stereocenters. The highest BCUT2D eigenvalue weighted by Crippen LogP contribution is 2.32. The number of ether oxygens (including phenoxy) is 2. The standard InChI is InChI=1S/C19H14N2O6/c1-10(21-17(23)12-4-2-3-5-13(12)18(21)24)19(25)27-11-6-7-14-15(8-11)26-9-16(22)20-14/h2-8,10H,9H2,1H3,(H,20,22). The van der Waals surface area contributed by atoms with Crippen LogP contribution in [0.3, 0.4) is 0 Å². The number of amides is 3. The van der Waals surface area contributed by atoms with Crippen molar-refractivity contribution < 1.29 is 28.7 Å². The fourth-order valence-corrected chi connectivity index (χ4v) is 2.98. The lowest BCUT2D eigenvalue weighted by Gasteiger charge is -2.22. The normalized spacial score (nSPS) is 16.2. The van der Waals surface area contributed by atoms with Crippen LogP contribution in [0.25, 0.3) is 0 Å². The zero-order valence-electron chi connectivity index (χ0n) is 14.2. The Labute approximate surface area is 153 Å². The summed E-state index contributed by atoms with van der Waals surface area (Å²) in [5.74, 6) is -1.55. The maximum absolute atomic E-state index is 12.5. The van der Waals surface area contributed by atoms with Crippen molar-refractivity contribution in [2.45, 2.75) is 13.0 Å². The predicted molar refractivity (Wildman–Crippen MR) is 92.6 cm³/mol. The third-order valence-corrected chi connectivity index (χ3v) is 4.36. The van der Waals surface area contributed by atoms with Gasteiger partial charge in [-0.15, -0.1) is 0 Å². The van der Waals surface area contributed by atoms with E-state index in [0.29, 0.717) is 11.4 Å². The Hall–Kier alpha value is -3.68. The lowest BCUT2D eigenvalue weighted by molar-refractivity contribution is -0.138. The van der Waals surface area contributed by atoms with Gasteiger partial charge in [-0.3, -0.25) is 19.3 Å². The highest BCUT2D eigenvalue weighted by Gasteiger charge is 2.41. The van der Waals surface area contributed by atoms with Crippen LogP contribution in [0.4, 0.5) is 5.69 Å². The number of imide groups is 1. The van der Waals surface area contributed by atoms with Crippen molar-refractivity contribution in [2.24, 2.45) is 0 Å². The zero-order valence-corrected chi connectivity index (χ0v) is 14.2. The number of hydrogen-bond acceptors (Lipinski definition) is 6. The highest BCUT2D eigenvalue weighted by atomic mass is 16.5. The number of benzene rings is 2. The summed E-state index contributed by atoms with van der Waals surface area (Å²) in [7, 11) is 0. The quantitative estimate of drug-likeness (QED) is 0.503. The summed E-state index contributed by atoms with van der Waals surface area (Å²) in [5.41, 5.74) is 1.000. The van der Waals surface area contributed by atoms with Crippen molar-refractivity contribution in [2.75, 3.05) is 11.9 Å². The van der Waals surface area contributed by atoms with Gasteiger partial charge in [0.1, 0.15) is 17.5 Å². The molecule has 0 saturated heterocycles. The van der Waals surface area contributed by atoms with Crippen LogP contribution in [0.5, 0.6) is 11.5 Å². The molecule has 0 spiro atoms. The molecule has 0 bridgehead atoms. The van der Waals surface area contributed by atoms with Gasteiger partial charge in [-0.1, -0.05) is 12.1 Å². The molecular formula is C19H14N2O6. The molecule has 4 rings (SSSR count). The van der Waals surface area contributed by atoms with Gasteiger partial charge in [0.05, 0.1) is 16.8 Å². The fraction of sp³-hybridized carbons (Fsp3) is 0.158. The van der Waals surface area contributed by atoms with Crippen molar-refractivity contribution in [3.63, 3.8) is 0 Å². The van der Waals surface area contributed by atoms with Crippen LogP contribution in [0.15, 0.2) is 42.5 Å². The molecule has 8 heteroatoms. The summed E-state index contributed by atoms with van der Waals surface area (Å²) in [5, 5.41) is 2.63. The Morgan fingerprint density at radius 3 is 2.44 bits per heavy atom. The van der Waals surface area contributed by atoms with E-state index in [-0.39, 0.29) is 29.4 Å². The molecular weight excluding hydrogens is 352 g/mol. The van der Waals surface area contributed by atoms with E-state index in [0.717, 1.165) is 4.90 Å². The number of carbonyl (C=O) groups excluding carboxylic acids is 4. The molecule has 136 valence electrons. The van der Waals surface area contributed by atoms with Crippen molar-refractivity contribution >= 4 is 29.4 Å². The van der Waals surface area contributed by atoms with Crippen LogP contribution in [-0.4, -0.2) is 41.2 Å². The Balaban J connectivity index is 1.52. The van der Waals surface area contributed by atoms with Gasteiger partial charge in [0.2, 0.25) is 0 Å². The molecule has 2 aromatic carbocycles. The third kappa shape index (κ3) is 2.80. The maximum Gasteiger partial charge on any atom is 0.334 e. The number of fused-ring (bicyclic) bond motifs is 2. The molecule has 27 heavy (non-hydrogen) atoms. The SMILES string of the molecule is CC(C(=O)Oc1ccc2c(c1)OCC(=O)N2)N1C(=O)c2ccccc2C1=O. The molecule has 0 aliphatic carbocycles. The molecule has 2 aliphatic heterocycles. The largest absolute Gasteiger partial charge is 0.481 e. The summed E-state index contributed by atoms with van der Waals surface area (Å²) in [6.07, 6.45) is 0.